The molecule has 0 atom stereocenters. The Kier molecular flexibility index (Phi) is 3.95. The van der Waals surface area contributed by atoms with E-state index in [0.717, 1.165) is 12.2 Å². The maximum absolute atomic E-state index is 6.11. The Labute approximate surface area is 114 Å². The Hall–Kier alpha value is -2.16. The van der Waals surface area contributed by atoms with Crippen molar-refractivity contribution in [1.82, 2.24) is 0 Å². The molecule has 0 aliphatic carbocycles. The summed E-state index contributed by atoms with van der Waals surface area (Å²) in [6, 6.07) is 14.3. The summed E-state index contributed by atoms with van der Waals surface area (Å²) in [5, 5.41) is 0. The minimum Gasteiger partial charge on any atom is -0.495 e. The van der Waals surface area contributed by atoms with Crippen LogP contribution >= 0.6 is 0 Å². The summed E-state index contributed by atoms with van der Waals surface area (Å²) in [7, 11) is 3.67. The SMILES string of the molecule is COc1cccc(N(C)Cc2cccc(C)c2)c1N. The van der Waals surface area contributed by atoms with E-state index in [-0.39, 0.29) is 0 Å². The van der Waals surface area contributed by atoms with Crippen LogP contribution in [-0.2, 0) is 6.54 Å². The first-order valence-electron chi connectivity index (χ1n) is 6.31. The first kappa shape index (κ1) is 13.3. The second-order valence-electron chi connectivity index (χ2n) is 4.74. The Bertz CT molecular complexity index is 566. The molecule has 2 aromatic rings. The van der Waals surface area contributed by atoms with Gasteiger partial charge in [-0.2, -0.15) is 0 Å². The van der Waals surface area contributed by atoms with Crippen molar-refractivity contribution in [2.75, 3.05) is 24.8 Å². The van der Waals surface area contributed by atoms with E-state index in [1.807, 2.05) is 25.2 Å². The first-order valence-corrected chi connectivity index (χ1v) is 6.31. The van der Waals surface area contributed by atoms with Crippen molar-refractivity contribution < 1.29 is 4.74 Å². The van der Waals surface area contributed by atoms with Gasteiger partial charge in [-0.1, -0.05) is 35.9 Å². The van der Waals surface area contributed by atoms with Crippen molar-refractivity contribution in [1.29, 1.82) is 0 Å². The summed E-state index contributed by atoms with van der Waals surface area (Å²) in [5.41, 5.74) is 10.3. The van der Waals surface area contributed by atoms with E-state index in [1.54, 1.807) is 7.11 Å². The van der Waals surface area contributed by atoms with Crippen molar-refractivity contribution in [3.05, 3.63) is 53.6 Å². The average molecular weight is 256 g/mol. The largest absolute Gasteiger partial charge is 0.495 e. The zero-order valence-electron chi connectivity index (χ0n) is 11.7. The number of para-hydroxylation sites is 1. The van der Waals surface area contributed by atoms with Crippen LogP contribution in [0.2, 0.25) is 0 Å². The molecule has 0 saturated carbocycles. The highest BCUT2D eigenvalue weighted by atomic mass is 16.5. The summed E-state index contributed by atoms with van der Waals surface area (Å²) in [4.78, 5) is 2.13. The van der Waals surface area contributed by atoms with Crippen LogP contribution in [0.3, 0.4) is 0 Å². The zero-order chi connectivity index (χ0) is 13.8. The number of hydrogen-bond acceptors (Lipinski definition) is 3. The third-order valence-corrected chi connectivity index (χ3v) is 3.18. The number of nitrogens with zero attached hydrogens (tertiary/aromatic N) is 1. The van der Waals surface area contributed by atoms with E-state index in [4.69, 9.17) is 10.5 Å². The summed E-state index contributed by atoms with van der Waals surface area (Å²) >= 11 is 0. The van der Waals surface area contributed by atoms with Crippen LogP contribution in [0, 0.1) is 6.92 Å². The number of aryl methyl sites for hydroxylation is 1. The minimum atomic E-state index is 0.681. The average Bonchev–Trinajstić information content (AvgIpc) is 2.39. The van der Waals surface area contributed by atoms with Gasteiger partial charge in [0.2, 0.25) is 0 Å². The molecular formula is C16H20N2O. The predicted octanol–water partition coefficient (Wildman–Crippen LogP) is 3.22. The quantitative estimate of drug-likeness (QED) is 0.854. The molecule has 0 aliphatic rings. The van der Waals surface area contributed by atoms with Gasteiger partial charge in [-0.25, -0.2) is 0 Å². The van der Waals surface area contributed by atoms with Crippen molar-refractivity contribution in [3.8, 4) is 5.75 Å². The lowest BCUT2D eigenvalue weighted by atomic mass is 10.1. The monoisotopic (exact) mass is 256 g/mol. The fourth-order valence-corrected chi connectivity index (χ4v) is 2.21. The van der Waals surface area contributed by atoms with E-state index in [9.17, 15) is 0 Å². The molecule has 0 unspecified atom stereocenters. The molecule has 19 heavy (non-hydrogen) atoms. The molecule has 2 aromatic carbocycles. The number of nitrogens with two attached hydrogens (primary N) is 1. The third-order valence-electron chi connectivity index (χ3n) is 3.18. The lowest BCUT2D eigenvalue weighted by molar-refractivity contribution is 0.417. The van der Waals surface area contributed by atoms with Gasteiger partial charge in [0.05, 0.1) is 18.5 Å². The number of hydrogen-bond donors (Lipinski definition) is 1. The molecule has 0 bridgehead atoms. The lowest BCUT2D eigenvalue weighted by Gasteiger charge is -2.22. The molecule has 0 fully saturated rings. The van der Waals surface area contributed by atoms with E-state index in [1.165, 1.54) is 11.1 Å². The molecule has 0 radical (unpaired) electrons. The van der Waals surface area contributed by atoms with Gasteiger partial charge in [-0.3, -0.25) is 0 Å². The van der Waals surface area contributed by atoms with Gasteiger partial charge in [0.1, 0.15) is 5.75 Å². The van der Waals surface area contributed by atoms with E-state index in [0.29, 0.717) is 11.4 Å². The second kappa shape index (κ2) is 5.65. The van der Waals surface area contributed by atoms with Crippen LogP contribution in [0.4, 0.5) is 11.4 Å². The standard InChI is InChI=1S/C16H20N2O/c1-12-6-4-7-13(10-12)11-18(2)14-8-5-9-15(19-3)16(14)17/h4-10H,11,17H2,1-3H3. The topological polar surface area (TPSA) is 38.5 Å². The molecule has 0 saturated heterocycles. The van der Waals surface area contributed by atoms with Crippen molar-refractivity contribution >= 4 is 11.4 Å². The molecule has 2 rings (SSSR count). The molecule has 100 valence electrons. The normalized spacial score (nSPS) is 10.3. The first-order chi connectivity index (χ1) is 9.11. The van der Waals surface area contributed by atoms with Crippen molar-refractivity contribution in [2.24, 2.45) is 0 Å². The van der Waals surface area contributed by atoms with Gasteiger partial charge < -0.3 is 15.4 Å². The van der Waals surface area contributed by atoms with Crippen LogP contribution in [0.15, 0.2) is 42.5 Å². The Morgan fingerprint density at radius 1 is 1.16 bits per heavy atom. The number of anilines is 2. The van der Waals surface area contributed by atoms with Crippen LogP contribution in [0.1, 0.15) is 11.1 Å². The molecule has 3 heteroatoms. The number of rotatable bonds is 4. The van der Waals surface area contributed by atoms with Crippen molar-refractivity contribution in [3.63, 3.8) is 0 Å². The highest BCUT2D eigenvalue weighted by Crippen LogP contribution is 2.31. The summed E-state index contributed by atoms with van der Waals surface area (Å²) in [5.74, 6) is 0.716. The highest BCUT2D eigenvalue weighted by molar-refractivity contribution is 5.73. The Morgan fingerprint density at radius 3 is 2.58 bits per heavy atom. The molecule has 3 nitrogen and oxygen atoms in total. The van der Waals surface area contributed by atoms with E-state index in [2.05, 4.69) is 36.1 Å². The maximum Gasteiger partial charge on any atom is 0.143 e. The highest BCUT2D eigenvalue weighted by Gasteiger charge is 2.09. The molecule has 0 aromatic heterocycles. The maximum atomic E-state index is 6.11. The second-order valence-corrected chi connectivity index (χ2v) is 4.74. The van der Waals surface area contributed by atoms with Crippen LogP contribution in [0.25, 0.3) is 0 Å². The van der Waals surface area contributed by atoms with Crippen LogP contribution in [0.5, 0.6) is 5.75 Å². The van der Waals surface area contributed by atoms with Gasteiger partial charge in [0.15, 0.2) is 0 Å². The fraction of sp³-hybridized carbons (Fsp3) is 0.250. The van der Waals surface area contributed by atoms with Gasteiger partial charge >= 0.3 is 0 Å². The number of methoxy groups -OCH3 is 1. The van der Waals surface area contributed by atoms with Crippen LogP contribution < -0.4 is 15.4 Å². The van der Waals surface area contributed by atoms with Gasteiger partial charge in [0.25, 0.3) is 0 Å². The van der Waals surface area contributed by atoms with E-state index >= 15 is 0 Å². The Balaban J connectivity index is 2.23. The van der Waals surface area contributed by atoms with E-state index < -0.39 is 0 Å². The predicted molar refractivity (Wildman–Crippen MR) is 80.7 cm³/mol. The number of nitrogen functional groups attached to an aromatic ring is 1. The van der Waals surface area contributed by atoms with Crippen LogP contribution in [-0.4, -0.2) is 14.2 Å². The zero-order valence-corrected chi connectivity index (χ0v) is 11.7. The summed E-state index contributed by atoms with van der Waals surface area (Å²) in [6.07, 6.45) is 0. The smallest absolute Gasteiger partial charge is 0.143 e. The fourth-order valence-electron chi connectivity index (χ4n) is 2.21. The molecular weight excluding hydrogens is 236 g/mol. The Morgan fingerprint density at radius 2 is 1.89 bits per heavy atom. The molecule has 2 N–H and O–H groups in total. The van der Waals surface area contributed by atoms with Crippen molar-refractivity contribution in [2.45, 2.75) is 13.5 Å². The molecule has 0 spiro atoms. The number of benzene rings is 2. The lowest BCUT2D eigenvalue weighted by Crippen LogP contribution is -2.18. The summed E-state index contributed by atoms with van der Waals surface area (Å²) in [6.45, 7) is 2.92. The molecule has 0 amide bonds. The minimum absolute atomic E-state index is 0.681. The molecule has 0 aliphatic heterocycles. The van der Waals surface area contributed by atoms with Gasteiger partial charge in [0, 0.05) is 13.6 Å². The third kappa shape index (κ3) is 2.99. The number of ether oxygens (including phenoxy) is 1. The van der Waals surface area contributed by atoms with Gasteiger partial charge in [-0.15, -0.1) is 0 Å². The molecule has 0 heterocycles. The van der Waals surface area contributed by atoms with Gasteiger partial charge in [-0.05, 0) is 24.6 Å². The summed E-state index contributed by atoms with van der Waals surface area (Å²) < 4.78 is 5.25.